The molecular weight excluding hydrogens is 214 g/mol. The molecule has 0 fully saturated rings. The van der Waals surface area contributed by atoms with Crippen molar-refractivity contribution >= 4 is 23.4 Å². The van der Waals surface area contributed by atoms with Crippen LogP contribution in [0.4, 0.5) is 0 Å². The largest absolute Gasteiger partial charge is 0.192 e. The van der Waals surface area contributed by atoms with Crippen molar-refractivity contribution in [2.45, 2.75) is 30.4 Å². The maximum absolute atomic E-state index is 8.94. The van der Waals surface area contributed by atoms with Crippen molar-refractivity contribution in [3.8, 4) is 6.07 Å². The number of rotatable bonds is 3. The van der Waals surface area contributed by atoms with Gasteiger partial charge >= 0.3 is 0 Å². The fourth-order valence-electron chi connectivity index (χ4n) is 1.01. The van der Waals surface area contributed by atoms with Crippen LogP contribution < -0.4 is 0 Å². The minimum absolute atomic E-state index is 0.514. The van der Waals surface area contributed by atoms with Gasteiger partial charge in [0, 0.05) is 10.1 Å². The number of benzene rings is 1. The van der Waals surface area contributed by atoms with Gasteiger partial charge in [-0.2, -0.15) is 5.26 Å². The molecule has 0 saturated carbocycles. The highest BCUT2D eigenvalue weighted by Gasteiger charge is 2.09. The fraction of sp³-hybridized carbons (Fsp3) is 0.364. The Morgan fingerprint density at radius 1 is 1.57 bits per heavy atom. The molecule has 1 rings (SSSR count). The zero-order chi connectivity index (χ0) is 10.6. The molecule has 0 heterocycles. The second-order valence-corrected chi connectivity index (χ2v) is 4.95. The van der Waals surface area contributed by atoms with Crippen molar-refractivity contribution in [2.24, 2.45) is 0 Å². The van der Waals surface area contributed by atoms with Gasteiger partial charge in [-0.25, -0.2) is 0 Å². The van der Waals surface area contributed by atoms with Crippen molar-refractivity contribution in [3.05, 3.63) is 28.8 Å². The molecule has 1 aromatic rings. The Morgan fingerprint density at radius 2 is 2.29 bits per heavy atom. The van der Waals surface area contributed by atoms with E-state index in [0.717, 1.165) is 11.3 Å². The number of hydrogen-bond acceptors (Lipinski definition) is 2. The fourth-order valence-corrected chi connectivity index (χ4v) is 2.31. The number of hydrogen-bond donors (Lipinski definition) is 0. The Labute approximate surface area is 94.1 Å². The van der Waals surface area contributed by atoms with Crippen LogP contribution in [0, 0.1) is 11.3 Å². The van der Waals surface area contributed by atoms with E-state index in [4.69, 9.17) is 16.9 Å². The van der Waals surface area contributed by atoms with Gasteiger partial charge in [-0.1, -0.05) is 31.5 Å². The summed E-state index contributed by atoms with van der Waals surface area (Å²) >= 11 is 7.62. The maximum Gasteiger partial charge on any atom is 0.102 e. The Hall–Kier alpha value is -0.650. The summed E-state index contributed by atoms with van der Waals surface area (Å²) in [5.41, 5.74) is 0.597. The van der Waals surface area contributed by atoms with Crippen LogP contribution in [0.15, 0.2) is 23.1 Å². The van der Waals surface area contributed by atoms with Gasteiger partial charge in [0.2, 0.25) is 0 Å². The highest BCUT2D eigenvalue weighted by atomic mass is 35.5. The molecule has 0 N–H and O–H groups in total. The van der Waals surface area contributed by atoms with Gasteiger partial charge in [-0.05, 0) is 18.6 Å². The standard InChI is InChI=1S/C11H12ClNS/c1-3-8(2)14-11-6-4-5-10(12)9(11)7-13/h4-6,8H,3H2,1-2H3. The van der Waals surface area contributed by atoms with E-state index < -0.39 is 0 Å². The molecule has 0 radical (unpaired) electrons. The lowest BCUT2D eigenvalue weighted by molar-refractivity contribution is 0.905. The molecular formula is C11H12ClNS. The third-order valence-corrected chi connectivity index (χ3v) is 3.64. The lowest BCUT2D eigenvalue weighted by Gasteiger charge is -2.09. The highest BCUT2D eigenvalue weighted by Crippen LogP contribution is 2.31. The third kappa shape index (κ3) is 2.67. The van der Waals surface area contributed by atoms with E-state index in [1.165, 1.54) is 0 Å². The molecule has 0 spiro atoms. The molecule has 14 heavy (non-hydrogen) atoms. The number of thioether (sulfide) groups is 1. The van der Waals surface area contributed by atoms with Gasteiger partial charge in [-0.15, -0.1) is 11.8 Å². The van der Waals surface area contributed by atoms with Gasteiger partial charge in [-0.3, -0.25) is 0 Å². The average molecular weight is 226 g/mol. The summed E-state index contributed by atoms with van der Waals surface area (Å²) in [6.07, 6.45) is 1.09. The van der Waals surface area contributed by atoms with Crippen LogP contribution in [0.5, 0.6) is 0 Å². The molecule has 0 aliphatic carbocycles. The topological polar surface area (TPSA) is 23.8 Å². The van der Waals surface area contributed by atoms with Crippen LogP contribution in [-0.4, -0.2) is 5.25 Å². The summed E-state index contributed by atoms with van der Waals surface area (Å²) in [4.78, 5) is 0.981. The molecule has 0 aliphatic rings. The van der Waals surface area contributed by atoms with Crippen molar-refractivity contribution < 1.29 is 0 Å². The monoisotopic (exact) mass is 225 g/mol. The molecule has 0 saturated heterocycles. The van der Waals surface area contributed by atoms with Crippen LogP contribution in [-0.2, 0) is 0 Å². The zero-order valence-corrected chi connectivity index (χ0v) is 9.82. The smallest absolute Gasteiger partial charge is 0.102 e. The van der Waals surface area contributed by atoms with E-state index >= 15 is 0 Å². The lowest BCUT2D eigenvalue weighted by atomic mass is 10.2. The average Bonchev–Trinajstić information content (AvgIpc) is 2.18. The molecule has 0 amide bonds. The van der Waals surface area contributed by atoms with Crippen LogP contribution in [0.3, 0.4) is 0 Å². The third-order valence-electron chi connectivity index (χ3n) is 1.99. The molecule has 1 atom stereocenters. The first-order valence-electron chi connectivity index (χ1n) is 4.54. The maximum atomic E-state index is 8.94. The number of halogens is 1. The van der Waals surface area contributed by atoms with E-state index in [1.54, 1.807) is 17.8 Å². The van der Waals surface area contributed by atoms with Gasteiger partial charge in [0.15, 0.2) is 0 Å². The second kappa shape index (κ2) is 5.29. The molecule has 0 aliphatic heterocycles. The van der Waals surface area contributed by atoms with Gasteiger partial charge in [0.1, 0.15) is 6.07 Å². The van der Waals surface area contributed by atoms with Crippen LogP contribution in [0.25, 0.3) is 0 Å². The Kier molecular flexibility index (Phi) is 4.31. The minimum Gasteiger partial charge on any atom is -0.192 e. The van der Waals surface area contributed by atoms with Crippen LogP contribution in [0.2, 0.25) is 5.02 Å². The summed E-state index contributed by atoms with van der Waals surface area (Å²) in [7, 11) is 0. The Morgan fingerprint density at radius 3 is 2.86 bits per heavy atom. The highest BCUT2D eigenvalue weighted by molar-refractivity contribution is 8.00. The molecule has 0 bridgehead atoms. The first-order chi connectivity index (χ1) is 6.69. The molecule has 1 aromatic carbocycles. The molecule has 1 nitrogen and oxygen atoms in total. The normalized spacial score (nSPS) is 12.1. The quantitative estimate of drug-likeness (QED) is 0.724. The predicted octanol–water partition coefficient (Wildman–Crippen LogP) is 4.10. The zero-order valence-electron chi connectivity index (χ0n) is 8.25. The summed E-state index contributed by atoms with van der Waals surface area (Å²) in [5.74, 6) is 0. The summed E-state index contributed by atoms with van der Waals surface area (Å²) in [6, 6.07) is 7.72. The summed E-state index contributed by atoms with van der Waals surface area (Å²) < 4.78 is 0. The Balaban J connectivity index is 2.98. The van der Waals surface area contributed by atoms with Crippen molar-refractivity contribution in [2.75, 3.05) is 0 Å². The minimum atomic E-state index is 0.514. The Bertz CT molecular complexity index is 357. The number of nitriles is 1. The van der Waals surface area contributed by atoms with E-state index in [0.29, 0.717) is 15.8 Å². The van der Waals surface area contributed by atoms with Crippen LogP contribution >= 0.6 is 23.4 Å². The predicted molar refractivity (Wildman–Crippen MR) is 61.8 cm³/mol. The molecule has 1 unspecified atom stereocenters. The molecule has 74 valence electrons. The van der Waals surface area contributed by atoms with Crippen LogP contribution in [0.1, 0.15) is 25.8 Å². The second-order valence-electron chi connectivity index (χ2n) is 3.06. The van der Waals surface area contributed by atoms with E-state index in [1.807, 2.05) is 12.1 Å². The lowest BCUT2D eigenvalue weighted by Crippen LogP contribution is -1.93. The molecule has 0 aromatic heterocycles. The van der Waals surface area contributed by atoms with E-state index in [-0.39, 0.29) is 0 Å². The summed E-state index contributed by atoms with van der Waals surface area (Å²) in [5, 5.41) is 9.99. The SMILES string of the molecule is CCC(C)Sc1cccc(Cl)c1C#N. The van der Waals surface area contributed by atoms with E-state index in [9.17, 15) is 0 Å². The number of nitrogens with zero attached hydrogens (tertiary/aromatic N) is 1. The first kappa shape index (κ1) is 11.4. The van der Waals surface area contributed by atoms with Crippen molar-refractivity contribution in [1.29, 1.82) is 5.26 Å². The van der Waals surface area contributed by atoms with E-state index in [2.05, 4.69) is 19.9 Å². The van der Waals surface area contributed by atoms with Gasteiger partial charge in [0.05, 0.1) is 10.6 Å². The van der Waals surface area contributed by atoms with Gasteiger partial charge < -0.3 is 0 Å². The molecule has 3 heteroatoms. The van der Waals surface area contributed by atoms with Crippen molar-refractivity contribution in [3.63, 3.8) is 0 Å². The van der Waals surface area contributed by atoms with Crippen molar-refractivity contribution in [1.82, 2.24) is 0 Å². The summed E-state index contributed by atoms with van der Waals surface area (Å²) in [6.45, 7) is 4.28. The first-order valence-corrected chi connectivity index (χ1v) is 5.80. The van der Waals surface area contributed by atoms with Gasteiger partial charge in [0.25, 0.3) is 0 Å².